The number of carbonyl (C=O) groups excluding carboxylic acids is 1. The summed E-state index contributed by atoms with van der Waals surface area (Å²) >= 11 is 3.09. The topological polar surface area (TPSA) is 43.1 Å². The van der Waals surface area contributed by atoms with Crippen LogP contribution in [0, 0.1) is 5.82 Å². The Balaban J connectivity index is 2.47. The SMILES string of the molecule is NCCc1ccccc1C(=O)c1cccc(Br)c1F. The molecule has 0 atom stereocenters. The molecule has 0 unspecified atom stereocenters. The van der Waals surface area contributed by atoms with Crippen molar-refractivity contribution in [2.24, 2.45) is 5.73 Å². The molecule has 2 aromatic rings. The van der Waals surface area contributed by atoms with Crippen LogP contribution in [0.2, 0.25) is 0 Å². The largest absolute Gasteiger partial charge is 0.330 e. The number of benzene rings is 2. The minimum absolute atomic E-state index is 0.0684. The van der Waals surface area contributed by atoms with Crippen LogP contribution in [0.5, 0.6) is 0 Å². The van der Waals surface area contributed by atoms with E-state index < -0.39 is 5.82 Å². The van der Waals surface area contributed by atoms with E-state index in [9.17, 15) is 9.18 Å². The summed E-state index contributed by atoms with van der Waals surface area (Å²) in [6, 6.07) is 11.9. The summed E-state index contributed by atoms with van der Waals surface area (Å²) < 4.78 is 14.2. The van der Waals surface area contributed by atoms with Gasteiger partial charge < -0.3 is 5.73 Å². The summed E-state index contributed by atoms with van der Waals surface area (Å²) in [6.07, 6.45) is 0.595. The standard InChI is InChI=1S/C15H13BrFNO/c16-13-7-3-6-12(14(13)17)15(19)11-5-2-1-4-10(11)8-9-18/h1-7H,8-9,18H2. The molecule has 0 radical (unpaired) electrons. The maximum absolute atomic E-state index is 14.0. The second kappa shape index (κ2) is 6.08. The Kier molecular flexibility index (Phi) is 4.45. The molecule has 2 N–H and O–H groups in total. The number of carbonyl (C=O) groups is 1. The Morgan fingerprint density at radius 2 is 1.79 bits per heavy atom. The van der Waals surface area contributed by atoms with Crippen molar-refractivity contribution in [1.29, 1.82) is 0 Å². The highest BCUT2D eigenvalue weighted by molar-refractivity contribution is 9.10. The van der Waals surface area contributed by atoms with Crippen LogP contribution in [0.15, 0.2) is 46.9 Å². The Hall–Kier alpha value is -1.52. The van der Waals surface area contributed by atoms with Gasteiger partial charge in [-0.15, -0.1) is 0 Å². The first-order valence-electron chi connectivity index (χ1n) is 5.92. The van der Waals surface area contributed by atoms with Crippen LogP contribution < -0.4 is 5.73 Å². The summed E-state index contributed by atoms with van der Waals surface area (Å²) in [5.41, 5.74) is 6.94. The van der Waals surface area contributed by atoms with Gasteiger partial charge in [-0.3, -0.25) is 4.79 Å². The second-order valence-electron chi connectivity index (χ2n) is 4.13. The van der Waals surface area contributed by atoms with E-state index in [0.717, 1.165) is 5.56 Å². The number of hydrogen-bond acceptors (Lipinski definition) is 2. The van der Waals surface area contributed by atoms with Gasteiger partial charge in [-0.2, -0.15) is 0 Å². The molecule has 19 heavy (non-hydrogen) atoms. The fourth-order valence-electron chi connectivity index (χ4n) is 1.94. The van der Waals surface area contributed by atoms with E-state index in [4.69, 9.17) is 5.73 Å². The number of hydrogen-bond donors (Lipinski definition) is 1. The molecule has 0 amide bonds. The van der Waals surface area contributed by atoms with Crippen molar-refractivity contribution < 1.29 is 9.18 Å². The van der Waals surface area contributed by atoms with Gasteiger partial charge in [0.25, 0.3) is 0 Å². The average Bonchev–Trinajstić information content (AvgIpc) is 2.42. The molecular weight excluding hydrogens is 309 g/mol. The van der Waals surface area contributed by atoms with Crippen LogP contribution >= 0.6 is 15.9 Å². The molecule has 98 valence electrons. The van der Waals surface area contributed by atoms with Crippen LogP contribution in [0.1, 0.15) is 21.5 Å². The van der Waals surface area contributed by atoms with Crippen molar-refractivity contribution in [2.45, 2.75) is 6.42 Å². The van der Waals surface area contributed by atoms with Crippen molar-refractivity contribution in [2.75, 3.05) is 6.54 Å². The van der Waals surface area contributed by atoms with Crippen LogP contribution in [0.4, 0.5) is 4.39 Å². The lowest BCUT2D eigenvalue weighted by Gasteiger charge is -2.09. The Labute approximate surface area is 119 Å². The Morgan fingerprint density at radius 1 is 1.11 bits per heavy atom. The molecular formula is C15H13BrFNO. The van der Waals surface area contributed by atoms with Gasteiger partial charge in [0, 0.05) is 5.56 Å². The zero-order chi connectivity index (χ0) is 13.8. The molecule has 0 bridgehead atoms. The van der Waals surface area contributed by atoms with Gasteiger partial charge in [-0.05, 0) is 46.6 Å². The zero-order valence-electron chi connectivity index (χ0n) is 10.2. The van der Waals surface area contributed by atoms with Gasteiger partial charge in [-0.1, -0.05) is 30.3 Å². The van der Waals surface area contributed by atoms with Gasteiger partial charge >= 0.3 is 0 Å². The van der Waals surface area contributed by atoms with E-state index in [1.807, 2.05) is 12.1 Å². The van der Waals surface area contributed by atoms with E-state index in [1.165, 1.54) is 6.07 Å². The maximum atomic E-state index is 14.0. The van der Waals surface area contributed by atoms with Crippen LogP contribution in [-0.2, 0) is 6.42 Å². The van der Waals surface area contributed by atoms with Crippen molar-refractivity contribution in [3.63, 3.8) is 0 Å². The first-order chi connectivity index (χ1) is 9.15. The fraction of sp³-hybridized carbons (Fsp3) is 0.133. The summed E-state index contributed by atoms with van der Waals surface area (Å²) in [5, 5.41) is 0. The molecule has 0 fully saturated rings. The maximum Gasteiger partial charge on any atom is 0.196 e. The van der Waals surface area contributed by atoms with Gasteiger partial charge in [0.1, 0.15) is 5.82 Å². The molecule has 0 aliphatic carbocycles. The van der Waals surface area contributed by atoms with Crippen LogP contribution in [0.3, 0.4) is 0 Å². The molecule has 0 aliphatic heterocycles. The Morgan fingerprint density at radius 3 is 2.53 bits per heavy atom. The quantitative estimate of drug-likeness (QED) is 0.878. The number of rotatable bonds is 4. The van der Waals surface area contributed by atoms with E-state index in [2.05, 4.69) is 15.9 Å². The molecule has 2 aromatic carbocycles. The van der Waals surface area contributed by atoms with Gasteiger partial charge in [0.2, 0.25) is 0 Å². The van der Waals surface area contributed by atoms with Crippen molar-refractivity contribution in [3.8, 4) is 0 Å². The number of nitrogens with two attached hydrogens (primary N) is 1. The molecule has 0 spiro atoms. The van der Waals surface area contributed by atoms with Crippen molar-refractivity contribution >= 4 is 21.7 Å². The molecule has 0 heterocycles. The normalized spacial score (nSPS) is 10.5. The minimum atomic E-state index is -0.532. The molecule has 2 nitrogen and oxygen atoms in total. The molecule has 0 saturated carbocycles. The molecule has 2 rings (SSSR count). The first kappa shape index (κ1) is 13.9. The lowest BCUT2D eigenvalue weighted by Crippen LogP contribution is -2.11. The predicted octanol–water partition coefficient (Wildman–Crippen LogP) is 3.32. The zero-order valence-corrected chi connectivity index (χ0v) is 11.8. The lowest BCUT2D eigenvalue weighted by atomic mass is 9.96. The summed E-state index contributed by atoms with van der Waals surface area (Å²) in [7, 11) is 0. The van der Waals surface area contributed by atoms with Crippen molar-refractivity contribution in [3.05, 3.63) is 69.4 Å². The predicted molar refractivity (Wildman–Crippen MR) is 76.7 cm³/mol. The third-order valence-electron chi connectivity index (χ3n) is 2.87. The summed E-state index contributed by atoms with van der Waals surface area (Å²) in [5.74, 6) is -0.849. The van der Waals surface area contributed by atoms with E-state index >= 15 is 0 Å². The average molecular weight is 322 g/mol. The molecule has 0 aliphatic rings. The van der Waals surface area contributed by atoms with Gasteiger partial charge in [0.15, 0.2) is 5.78 Å². The third kappa shape index (κ3) is 2.91. The van der Waals surface area contributed by atoms with Crippen molar-refractivity contribution in [1.82, 2.24) is 0 Å². The third-order valence-corrected chi connectivity index (χ3v) is 3.48. The fourth-order valence-corrected chi connectivity index (χ4v) is 2.31. The number of ketones is 1. The minimum Gasteiger partial charge on any atom is -0.330 e. The molecule has 0 aromatic heterocycles. The second-order valence-corrected chi connectivity index (χ2v) is 4.98. The van der Waals surface area contributed by atoms with Crippen LogP contribution in [-0.4, -0.2) is 12.3 Å². The van der Waals surface area contributed by atoms with Gasteiger partial charge in [0.05, 0.1) is 10.0 Å². The first-order valence-corrected chi connectivity index (χ1v) is 6.71. The highest BCUT2D eigenvalue weighted by Crippen LogP contribution is 2.22. The highest BCUT2D eigenvalue weighted by atomic mass is 79.9. The highest BCUT2D eigenvalue weighted by Gasteiger charge is 2.17. The molecule has 4 heteroatoms. The lowest BCUT2D eigenvalue weighted by molar-refractivity contribution is 0.103. The summed E-state index contributed by atoms with van der Waals surface area (Å²) in [4.78, 5) is 12.4. The van der Waals surface area contributed by atoms with Crippen LogP contribution in [0.25, 0.3) is 0 Å². The van der Waals surface area contributed by atoms with E-state index in [0.29, 0.717) is 18.5 Å². The van der Waals surface area contributed by atoms with Gasteiger partial charge in [-0.25, -0.2) is 4.39 Å². The van der Waals surface area contributed by atoms with E-state index in [1.54, 1.807) is 24.3 Å². The Bertz CT molecular complexity index is 613. The molecule has 0 saturated heterocycles. The smallest absolute Gasteiger partial charge is 0.196 e. The summed E-state index contributed by atoms with van der Waals surface area (Å²) in [6.45, 7) is 0.450. The van der Waals surface area contributed by atoms with E-state index in [-0.39, 0.29) is 15.8 Å². The number of halogens is 2. The monoisotopic (exact) mass is 321 g/mol.